The largest absolute Gasteiger partial charge is 0.464 e. The van der Waals surface area contributed by atoms with Crippen LogP contribution in [0.1, 0.15) is 46.7 Å². The Balaban J connectivity index is 1.45. The Morgan fingerprint density at radius 1 is 1.21 bits per heavy atom. The molecule has 48 heavy (non-hydrogen) atoms. The number of hydrogen-bond donors (Lipinski definition) is 2. The summed E-state index contributed by atoms with van der Waals surface area (Å²) < 4.78 is 57.5. The summed E-state index contributed by atoms with van der Waals surface area (Å²) in [5.74, 6) is -2.59. The number of benzene rings is 2. The minimum absolute atomic E-state index is 0.138. The maximum atomic E-state index is 16.7. The molecule has 0 radical (unpaired) electrons. The quantitative estimate of drug-likeness (QED) is 0.150. The molecule has 1 fully saturated rings. The van der Waals surface area contributed by atoms with Crippen LogP contribution in [0.25, 0.3) is 21.9 Å². The second kappa shape index (κ2) is 13.2. The van der Waals surface area contributed by atoms with Crippen molar-refractivity contribution in [1.82, 2.24) is 24.6 Å². The topological polar surface area (TPSA) is 133 Å². The van der Waals surface area contributed by atoms with E-state index in [4.69, 9.17) is 30.3 Å². The number of aryl methyl sites for hydroxylation is 1. The summed E-state index contributed by atoms with van der Waals surface area (Å²) in [5.41, 5.74) is -2.45. The van der Waals surface area contributed by atoms with Crippen LogP contribution in [0.4, 0.5) is 14.6 Å². The van der Waals surface area contributed by atoms with E-state index in [1.807, 2.05) is 51.1 Å². The third kappa shape index (κ3) is 7.31. The van der Waals surface area contributed by atoms with Gasteiger partial charge >= 0.3 is 12.6 Å². The molecule has 0 amide bonds. The third-order valence-electron chi connectivity index (χ3n) is 7.68. The lowest BCUT2D eigenvalue weighted by Gasteiger charge is -2.30. The van der Waals surface area contributed by atoms with E-state index < -0.39 is 49.1 Å². The Bertz CT molecular complexity index is 1860. The van der Waals surface area contributed by atoms with Gasteiger partial charge in [0.05, 0.1) is 12.9 Å². The Hall–Kier alpha value is -3.33. The van der Waals surface area contributed by atoms with Crippen LogP contribution in [-0.2, 0) is 30.6 Å². The van der Waals surface area contributed by atoms with Gasteiger partial charge in [0.15, 0.2) is 35.0 Å². The van der Waals surface area contributed by atoms with E-state index in [2.05, 4.69) is 20.0 Å². The number of esters is 1. The number of aromatic nitrogens is 4. The number of nitrogens with one attached hydrogen (secondary N) is 1. The summed E-state index contributed by atoms with van der Waals surface area (Å²) in [6.07, 6.45) is -2.78. The molecule has 16 heteroatoms. The van der Waals surface area contributed by atoms with Crippen molar-refractivity contribution >= 4 is 52.2 Å². The minimum atomic E-state index is -3.84. The number of rotatable bonds is 11. The fraction of sp³-hybridized carbons (Fsp3) is 0.500. The normalized spacial score (nSPS) is 24.8. The lowest BCUT2D eigenvalue weighted by Crippen LogP contribution is -2.47. The van der Waals surface area contributed by atoms with Gasteiger partial charge in [0, 0.05) is 19.5 Å². The molecule has 260 valence electrons. The van der Waals surface area contributed by atoms with Crippen LogP contribution in [0.15, 0.2) is 48.8 Å². The molecule has 0 unspecified atom stereocenters. The first-order valence-electron chi connectivity index (χ1n) is 15.3. The van der Waals surface area contributed by atoms with E-state index in [0.29, 0.717) is 28.3 Å². The lowest BCUT2D eigenvalue weighted by atomic mass is 9.97. The number of ether oxygens (including phenoxy) is 2. The number of carbonyl (C=O) groups is 1. The number of aliphatic hydroxyl groups excluding tert-OH is 1. The third-order valence-corrected chi connectivity index (χ3v) is 10.1. The summed E-state index contributed by atoms with van der Waals surface area (Å²) in [6, 6.07) is 11.6. The highest BCUT2D eigenvalue weighted by atomic mass is 32.5. The molecule has 0 aliphatic carbocycles. The number of imidazole rings is 1. The fourth-order valence-corrected chi connectivity index (χ4v) is 7.62. The van der Waals surface area contributed by atoms with Gasteiger partial charge in [-0.2, -0.15) is 0 Å². The maximum absolute atomic E-state index is 16.7. The molecule has 2 aromatic heterocycles. The average molecular weight is 707 g/mol. The van der Waals surface area contributed by atoms with Gasteiger partial charge in [-0.25, -0.2) is 28.8 Å². The molecule has 2 aromatic carbocycles. The van der Waals surface area contributed by atoms with Crippen molar-refractivity contribution in [3.63, 3.8) is 0 Å². The Labute approximate surface area is 283 Å². The first-order chi connectivity index (χ1) is 22.3. The minimum Gasteiger partial charge on any atom is -0.464 e. The van der Waals surface area contributed by atoms with Gasteiger partial charge in [0.25, 0.3) is 5.85 Å². The number of fused-ring (bicyclic) bond motifs is 2. The molecule has 1 saturated heterocycles. The van der Waals surface area contributed by atoms with Gasteiger partial charge < -0.3 is 28.5 Å². The molecule has 0 saturated carbocycles. The van der Waals surface area contributed by atoms with Crippen molar-refractivity contribution in [2.45, 2.75) is 71.4 Å². The lowest BCUT2D eigenvalue weighted by molar-refractivity contribution is -0.202. The smallest absolute Gasteiger partial charge is 0.323 e. The highest BCUT2D eigenvalue weighted by Gasteiger charge is 2.65. The van der Waals surface area contributed by atoms with E-state index in [1.165, 1.54) is 17.8 Å². The first kappa shape index (κ1) is 36.0. The summed E-state index contributed by atoms with van der Waals surface area (Å²) in [5, 5.41) is 15.5. The van der Waals surface area contributed by atoms with E-state index in [0.717, 1.165) is 12.3 Å². The summed E-state index contributed by atoms with van der Waals surface area (Å²) in [6.45, 7) is 5.18. The van der Waals surface area contributed by atoms with Crippen LogP contribution in [0, 0.1) is 12.3 Å². The van der Waals surface area contributed by atoms with Crippen LogP contribution in [0.5, 0.6) is 5.75 Å². The van der Waals surface area contributed by atoms with Crippen molar-refractivity contribution < 1.29 is 37.2 Å². The molecular weight excluding hydrogens is 665 g/mol. The number of hydrogen-bond acceptors (Lipinski definition) is 11. The Kier molecular flexibility index (Phi) is 9.88. The van der Waals surface area contributed by atoms with Gasteiger partial charge in [0.2, 0.25) is 0 Å². The molecule has 3 heterocycles. The predicted molar refractivity (Wildman–Crippen MR) is 182 cm³/mol. The predicted octanol–water partition coefficient (Wildman–Crippen LogP) is 5.53. The van der Waals surface area contributed by atoms with Crippen molar-refractivity contribution in [3.8, 4) is 5.75 Å². The zero-order valence-electron chi connectivity index (χ0n) is 28.1. The Morgan fingerprint density at radius 2 is 1.90 bits per heavy atom. The molecule has 0 bridgehead atoms. The van der Waals surface area contributed by atoms with E-state index in [-0.39, 0.29) is 17.7 Å². The molecule has 4 aromatic rings. The molecule has 6 atom stereocenters. The fourth-order valence-electron chi connectivity index (χ4n) is 5.22. The van der Waals surface area contributed by atoms with Crippen LogP contribution in [0.2, 0.25) is 0 Å². The number of halogens is 2. The van der Waals surface area contributed by atoms with Gasteiger partial charge in [-0.3, -0.25) is 9.36 Å². The highest BCUT2D eigenvalue weighted by Crippen LogP contribution is 2.53. The first-order valence-corrected chi connectivity index (χ1v) is 18.0. The summed E-state index contributed by atoms with van der Waals surface area (Å²) in [4.78, 5) is 27.8. The van der Waals surface area contributed by atoms with Gasteiger partial charge in [-0.05, 0) is 49.4 Å². The van der Waals surface area contributed by atoms with E-state index in [1.54, 1.807) is 38.1 Å². The average Bonchev–Trinajstić information content (AvgIpc) is 3.50. The van der Waals surface area contributed by atoms with Crippen LogP contribution < -0.4 is 14.5 Å². The summed E-state index contributed by atoms with van der Waals surface area (Å²) in [7, 11) is 3.53. The molecule has 1 aliphatic rings. The highest BCUT2D eigenvalue weighted by molar-refractivity contribution is 8.09. The van der Waals surface area contributed by atoms with Crippen molar-refractivity contribution in [1.29, 1.82) is 0 Å². The molecule has 1 aliphatic heterocycles. The Morgan fingerprint density at radius 3 is 2.58 bits per heavy atom. The number of aliphatic hydroxyl groups is 1. The molecule has 2 N–H and O–H groups in total. The maximum Gasteiger partial charge on any atom is 0.323 e. The SMILES string of the molecule is Cc1nc(N(C)C)c2ncn([C@@H]3O[C@](F)(CO[P@](=S)(N[C@H](C)C(=O)OCC(C)(C)C)Oc4cccc5ccccc45)[C@@H](O)[C@@]3(C)F)c2n1. The molecule has 12 nitrogen and oxygen atoms in total. The summed E-state index contributed by atoms with van der Waals surface area (Å²) >= 11 is 5.82. The zero-order valence-corrected chi connectivity index (χ0v) is 29.8. The van der Waals surface area contributed by atoms with Crippen LogP contribution in [0.3, 0.4) is 0 Å². The number of alkyl halides is 2. The van der Waals surface area contributed by atoms with Crippen LogP contribution in [-0.4, -0.2) is 81.6 Å². The number of anilines is 1. The molecular formula is C32H41F2N6O6PS. The van der Waals surface area contributed by atoms with Gasteiger partial charge in [-0.15, -0.1) is 0 Å². The van der Waals surface area contributed by atoms with Crippen molar-refractivity contribution in [2.75, 3.05) is 32.2 Å². The molecule has 5 rings (SSSR count). The standard InChI is InChI=1S/C32H41F2N6O6PS/c1-19(27(41)43-16-30(3,4)5)38-47(48,46-23-15-11-13-21-12-9-10-14-22(21)23)44-17-32(34)28(42)31(6,33)29(45-32)40-18-35-24-25(39(7)8)36-20(2)37-26(24)40/h9-15,18-19,28-29,42H,16-17H2,1-8H3,(H,38,48)/t19-,28+,29-,31-,32-,47-/m1/s1. The zero-order chi connectivity index (χ0) is 35.2. The van der Waals surface area contributed by atoms with Crippen LogP contribution >= 0.6 is 6.64 Å². The van der Waals surface area contributed by atoms with Crippen molar-refractivity contribution in [2.24, 2.45) is 5.41 Å². The van der Waals surface area contributed by atoms with Crippen molar-refractivity contribution in [3.05, 3.63) is 54.6 Å². The second-order valence-corrected chi connectivity index (χ2v) is 16.6. The van der Waals surface area contributed by atoms with Gasteiger partial charge in [-0.1, -0.05) is 57.2 Å². The second-order valence-electron chi connectivity index (χ2n) is 13.5. The number of carbonyl (C=O) groups excluding carboxylic acids is 1. The van der Waals surface area contributed by atoms with E-state index >= 15 is 8.78 Å². The number of nitrogens with zero attached hydrogens (tertiary/aromatic N) is 5. The van der Waals surface area contributed by atoms with E-state index in [9.17, 15) is 9.90 Å². The monoisotopic (exact) mass is 706 g/mol. The van der Waals surface area contributed by atoms with Gasteiger partial charge in [0.1, 0.15) is 24.2 Å². The molecule has 0 spiro atoms.